The molecule has 0 fully saturated rings. The number of carbonyl (C=O) groups excluding carboxylic acids is 1. The molecule has 0 aliphatic heterocycles. The number of ether oxygens (including phenoxy) is 2. The predicted octanol–water partition coefficient (Wildman–Crippen LogP) is 1.76. The lowest BCUT2D eigenvalue weighted by Gasteiger charge is -2.10. The van der Waals surface area contributed by atoms with E-state index < -0.39 is 5.97 Å². The monoisotopic (exact) mass is 331 g/mol. The molecule has 0 saturated heterocycles. The van der Waals surface area contributed by atoms with Crippen LogP contribution in [0.1, 0.15) is 22.3 Å². The smallest absolute Gasteiger partial charge is 0.341 e. The molecule has 0 aliphatic rings. The second kappa shape index (κ2) is 7.91. The average Bonchev–Trinajstić information content (AvgIpc) is 2.59. The van der Waals surface area contributed by atoms with Crippen LogP contribution in [0, 0.1) is 0 Å². The topological polar surface area (TPSA) is 111 Å². The molecule has 1 heterocycles. The number of anilines is 1. The van der Waals surface area contributed by atoms with Crippen LogP contribution in [-0.2, 0) is 11.2 Å². The van der Waals surface area contributed by atoms with Crippen molar-refractivity contribution in [3.63, 3.8) is 0 Å². The summed E-state index contributed by atoms with van der Waals surface area (Å²) < 4.78 is 10.4. The third-order valence-corrected chi connectivity index (χ3v) is 3.29. The quantitative estimate of drug-likeness (QED) is 0.795. The molecule has 0 spiro atoms. The average molecular weight is 331 g/mol. The fourth-order valence-corrected chi connectivity index (χ4v) is 2.07. The summed E-state index contributed by atoms with van der Waals surface area (Å²) in [6, 6.07) is 5.39. The van der Waals surface area contributed by atoms with Gasteiger partial charge in [-0.25, -0.2) is 14.8 Å². The first-order chi connectivity index (χ1) is 11.5. The van der Waals surface area contributed by atoms with Gasteiger partial charge in [-0.15, -0.1) is 0 Å². The highest BCUT2D eigenvalue weighted by Crippen LogP contribution is 2.28. The van der Waals surface area contributed by atoms with Gasteiger partial charge < -0.3 is 19.9 Å². The number of amides is 1. The number of aromatic carboxylic acids is 1. The van der Waals surface area contributed by atoms with Gasteiger partial charge in [0.05, 0.1) is 14.2 Å². The Hall–Kier alpha value is -3.16. The number of nitrogens with one attached hydrogen (secondary N) is 1. The minimum Gasteiger partial charge on any atom is -0.493 e. The van der Waals surface area contributed by atoms with Gasteiger partial charge in [0.25, 0.3) is 0 Å². The number of carbonyl (C=O) groups is 2. The number of nitrogens with zero attached hydrogens (tertiary/aromatic N) is 2. The molecule has 0 atom stereocenters. The number of benzene rings is 1. The molecule has 24 heavy (non-hydrogen) atoms. The van der Waals surface area contributed by atoms with Crippen LogP contribution >= 0.6 is 0 Å². The van der Waals surface area contributed by atoms with Crippen molar-refractivity contribution in [1.29, 1.82) is 0 Å². The van der Waals surface area contributed by atoms with Crippen molar-refractivity contribution in [3.05, 3.63) is 41.9 Å². The Morgan fingerprint density at radius 1 is 1.21 bits per heavy atom. The van der Waals surface area contributed by atoms with Crippen LogP contribution in [0.5, 0.6) is 11.5 Å². The minimum absolute atomic E-state index is 0.0187. The zero-order valence-electron chi connectivity index (χ0n) is 13.3. The molecule has 0 saturated carbocycles. The van der Waals surface area contributed by atoms with Crippen LogP contribution in [0.2, 0.25) is 0 Å². The third-order valence-electron chi connectivity index (χ3n) is 3.29. The lowest BCUT2D eigenvalue weighted by molar-refractivity contribution is -0.116. The fraction of sp³-hybridized carbons (Fsp3) is 0.250. The Kier molecular flexibility index (Phi) is 5.67. The standard InChI is InChI=1S/C16H17N3O5/c1-23-12-5-3-10(7-13(12)24-2)4-6-14(20)19-15-11(16(21)22)8-17-9-18-15/h3,5,7-9H,4,6H2,1-2H3,(H,21,22)(H,17,18,19,20). The Morgan fingerprint density at radius 2 is 1.96 bits per heavy atom. The number of rotatable bonds is 7. The second-order valence-electron chi connectivity index (χ2n) is 4.83. The van der Waals surface area contributed by atoms with Gasteiger partial charge in [-0.1, -0.05) is 6.07 Å². The first kappa shape index (κ1) is 17.2. The van der Waals surface area contributed by atoms with Gasteiger partial charge in [0.1, 0.15) is 11.9 Å². The number of carboxylic acids is 1. The van der Waals surface area contributed by atoms with Crippen molar-refractivity contribution in [2.24, 2.45) is 0 Å². The van der Waals surface area contributed by atoms with Gasteiger partial charge in [-0.3, -0.25) is 4.79 Å². The summed E-state index contributed by atoms with van der Waals surface area (Å²) in [4.78, 5) is 30.5. The van der Waals surface area contributed by atoms with Gasteiger partial charge >= 0.3 is 5.97 Å². The van der Waals surface area contributed by atoms with Crippen LogP contribution in [0.15, 0.2) is 30.7 Å². The first-order valence-corrected chi connectivity index (χ1v) is 7.09. The summed E-state index contributed by atoms with van der Waals surface area (Å²) in [6.07, 6.45) is 2.94. The molecule has 2 N–H and O–H groups in total. The van der Waals surface area contributed by atoms with Gasteiger partial charge in [0.15, 0.2) is 17.3 Å². The second-order valence-corrected chi connectivity index (χ2v) is 4.83. The maximum absolute atomic E-state index is 12.0. The molecular formula is C16H17N3O5. The largest absolute Gasteiger partial charge is 0.493 e. The molecule has 1 aromatic heterocycles. The molecule has 2 rings (SSSR count). The first-order valence-electron chi connectivity index (χ1n) is 7.09. The lowest BCUT2D eigenvalue weighted by Crippen LogP contribution is -2.16. The highest BCUT2D eigenvalue weighted by atomic mass is 16.5. The molecule has 8 nitrogen and oxygen atoms in total. The van der Waals surface area contributed by atoms with Crippen molar-refractivity contribution >= 4 is 17.7 Å². The number of aryl methyl sites for hydroxylation is 1. The Balaban J connectivity index is 2.00. The number of carboxylic acid groups (broad SMARTS) is 1. The van der Waals surface area contributed by atoms with E-state index in [1.54, 1.807) is 19.2 Å². The SMILES string of the molecule is COc1ccc(CCC(=O)Nc2ncncc2C(=O)O)cc1OC. The highest BCUT2D eigenvalue weighted by Gasteiger charge is 2.14. The summed E-state index contributed by atoms with van der Waals surface area (Å²) in [5.74, 6) is -0.372. The van der Waals surface area contributed by atoms with Gasteiger partial charge in [0.2, 0.25) is 5.91 Å². The molecule has 0 unspecified atom stereocenters. The fourth-order valence-electron chi connectivity index (χ4n) is 2.07. The van der Waals surface area contributed by atoms with Crippen LogP contribution in [0.3, 0.4) is 0 Å². The maximum atomic E-state index is 12.0. The number of hydrogen-bond donors (Lipinski definition) is 2. The zero-order chi connectivity index (χ0) is 17.5. The summed E-state index contributed by atoms with van der Waals surface area (Å²) >= 11 is 0. The van der Waals surface area contributed by atoms with Crippen molar-refractivity contribution in [2.45, 2.75) is 12.8 Å². The number of aromatic nitrogens is 2. The molecule has 2 aromatic rings. The Morgan fingerprint density at radius 3 is 2.62 bits per heavy atom. The van der Waals surface area contributed by atoms with E-state index in [1.807, 2.05) is 6.07 Å². The predicted molar refractivity (Wildman–Crippen MR) is 85.5 cm³/mol. The van der Waals surface area contributed by atoms with Gasteiger partial charge in [0, 0.05) is 12.6 Å². The van der Waals surface area contributed by atoms with E-state index in [0.717, 1.165) is 11.8 Å². The van der Waals surface area contributed by atoms with Crippen LogP contribution in [0.4, 0.5) is 5.82 Å². The van der Waals surface area contributed by atoms with Crippen molar-refractivity contribution in [1.82, 2.24) is 9.97 Å². The van der Waals surface area contributed by atoms with Crippen molar-refractivity contribution < 1.29 is 24.2 Å². The molecule has 1 aromatic carbocycles. The highest BCUT2D eigenvalue weighted by molar-refractivity contribution is 5.98. The molecule has 0 aliphatic carbocycles. The van der Waals surface area contributed by atoms with Gasteiger partial charge in [-0.2, -0.15) is 0 Å². The Labute approximate surface area is 138 Å². The van der Waals surface area contributed by atoms with E-state index in [4.69, 9.17) is 14.6 Å². The van der Waals surface area contributed by atoms with E-state index in [9.17, 15) is 9.59 Å². The van der Waals surface area contributed by atoms with Crippen LogP contribution in [0.25, 0.3) is 0 Å². The van der Waals surface area contributed by atoms with E-state index >= 15 is 0 Å². The molecule has 1 amide bonds. The zero-order valence-corrected chi connectivity index (χ0v) is 13.3. The maximum Gasteiger partial charge on any atom is 0.341 e. The molecule has 0 radical (unpaired) electrons. The summed E-state index contributed by atoms with van der Waals surface area (Å²) in [5, 5.41) is 11.5. The Bertz CT molecular complexity index is 748. The van der Waals surface area contributed by atoms with Crippen LogP contribution in [-0.4, -0.2) is 41.2 Å². The van der Waals surface area contributed by atoms with Crippen molar-refractivity contribution in [2.75, 3.05) is 19.5 Å². The van der Waals surface area contributed by atoms with Gasteiger partial charge in [-0.05, 0) is 24.1 Å². The molecule has 8 heteroatoms. The molecular weight excluding hydrogens is 314 g/mol. The number of hydrogen-bond acceptors (Lipinski definition) is 6. The lowest BCUT2D eigenvalue weighted by atomic mass is 10.1. The van der Waals surface area contributed by atoms with E-state index in [-0.39, 0.29) is 23.7 Å². The molecule has 0 bridgehead atoms. The van der Waals surface area contributed by atoms with Crippen molar-refractivity contribution in [3.8, 4) is 11.5 Å². The van der Waals surface area contributed by atoms with Crippen LogP contribution < -0.4 is 14.8 Å². The normalized spacial score (nSPS) is 10.1. The summed E-state index contributed by atoms with van der Waals surface area (Å²) in [6.45, 7) is 0. The summed E-state index contributed by atoms with van der Waals surface area (Å²) in [5.41, 5.74) is 0.737. The number of methoxy groups -OCH3 is 2. The minimum atomic E-state index is -1.20. The van der Waals surface area contributed by atoms with E-state index in [2.05, 4.69) is 15.3 Å². The van der Waals surface area contributed by atoms with E-state index in [1.165, 1.54) is 13.4 Å². The third kappa shape index (κ3) is 4.19. The summed E-state index contributed by atoms with van der Waals surface area (Å²) in [7, 11) is 3.09. The van der Waals surface area contributed by atoms with E-state index in [0.29, 0.717) is 17.9 Å². The molecule has 126 valence electrons.